The van der Waals surface area contributed by atoms with Gasteiger partial charge in [0.1, 0.15) is 6.33 Å². The molecule has 5 rings (SSSR count). The topological polar surface area (TPSA) is 56.7 Å². The van der Waals surface area contributed by atoms with Gasteiger partial charge in [0.05, 0.1) is 5.54 Å². The number of nitrogens with two attached hydrogens (primary N) is 1. The van der Waals surface area contributed by atoms with Gasteiger partial charge in [0.2, 0.25) is 0 Å². The first kappa shape index (κ1) is 11.9. The van der Waals surface area contributed by atoms with Crippen molar-refractivity contribution in [2.24, 2.45) is 29.4 Å². The first-order valence-electron chi connectivity index (χ1n) is 7.71. The number of rotatable bonds is 2. The normalized spacial score (nSPS) is 40.9. The summed E-state index contributed by atoms with van der Waals surface area (Å²) in [5.41, 5.74) is 5.87. The van der Waals surface area contributed by atoms with Crippen LogP contribution in [0.1, 0.15) is 57.8 Å². The Balaban J connectivity index is 1.72. The molecule has 1 aromatic rings. The second-order valence-electron chi connectivity index (χ2n) is 7.70. The summed E-state index contributed by atoms with van der Waals surface area (Å²) in [6.45, 7) is 4.06. The van der Waals surface area contributed by atoms with Gasteiger partial charge in [-0.1, -0.05) is 0 Å². The predicted octanol–water partition coefficient (Wildman–Crippen LogP) is 2.47. The van der Waals surface area contributed by atoms with Crippen molar-refractivity contribution in [1.29, 1.82) is 0 Å². The molecule has 0 aromatic carbocycles. The van der Waals surface area contributed by atoms with Crippen molar-refractivity contribution in [3.63, 3.8) is 0 Å². The van der Waals surface area contributed by atoms with Gasteiger partial charge in [0, 0.05) is 6.04 Å². The van der Waals surface area contributed by atoms with Gasteiger partial charge in [0.15, 0.2) is 5.82 Å². The van der Waals surface area contributed by atoms with E-state index in [0.717, 1.165) is 29.5 Å². The molecular weight excluding hydrogens is 236 g/mol. The molecule has 4 nitrogen and oxygen atoms in total. The molecule has 4 bridgehead atoms. The second kappa shape index (κ2) is 3.81. The van der Waals surface area contributed by atoms with E-state index in [0.29, 0.717) is 6.04 Å². The number of nitrogens with zero attached hydrogens (tertiary/aromatic N) is 3. The Bertz CT molecular complexity index is 457. The molecule has 0 unspecified atom stereocenters. The molecule has 0 radical (unpaired) electrons. The van der Waals surface area contributed by atoms with E-state index < -0.39 is 5.54 Å². The second-order valence-corrected chi connectivity index (χ2v) is 7.70. The summed E-state index contributed by atoms with van der Waals surface area (Å²) in [6, 6.07) is 0.612. The summed E-state index contributed by atoms with van der Waals surface area (Å²) in [6.07, 6.45) is 9.09. The summed E-state index contributed by atoms with van der Waals surface area (Å²) < 4.78 is 2.33. The highest BCUT2D eigenvalue weighted by Gasteiger charge is 2.49. The Morgan fingerprint density at radius 1 is 1.11 bits per heavy atom. The van der Waals surface area contributed by atoms with E-state index in [2.05, 4.69) is 14.8 Å². The maximum absolute atomic E-state index is 6.27. The lowest BCUT2D eigenvalue weighted by Gasteiger charge is -2.55. The van der Waals surface area contributed by atoms with Crippen LogP contribution in [0.4, 0.5) is 0 Å². The maximum Gasteiger partial charge on any atom is 0.152 e. The van der Waals surface area contributed by atoms with Gasteiger partial charge in [-0.3, -0.25) is 0 Å². The first-order chi connectivity index (χ1) is 9.02. The van der Waals surface area contributed by atoms with Gasteiger partial charge in [-0.25, -0.2) is 0 Å². The lowest BCUT2D eigenvalue weighted by molar-refractivity contribution is -0.0310. The lowest BCUT2D eigenvalue weighted by Crippen LogP contribution is -2.47. The molecule has 4 saturated carbocycles. The number of aromatic nitrogens is 3. The molecule has 4 aliphatic rings. The fraction of sp³-hybridized carbons (Fsp3) is 0.867. The van der Waals surface area contributed by atoms with Gasteiger partial charge in [-0.15, -0.1) is 10.2 Å². The van der Waals surface area contributed by atoms with Crippen LogP contribution in [-0.4, -0.2) is 14.8 Å². The largest absolute Gasteiger partial charge is 0.319 e. The van der Waals surface area contributed by atoms with E-state index in [9.17, 15) is 0 Å². The van der Waals surface area contributed by atoms with Gasteiger partial charge in [0.25, 0.3) is 0 Å². The van der Waals surface area contributed by atoms with Crippen molar-refractivity contribution in [1.82, 2.24) is 14.8 Å². The monoisotopic (exact) mass is 260 g/mol. The highest BCUT2D eigenvalue weighted by atomic mass is 15.3. The Hall–Kier alpha value is -0.900. The van der Waals surface area contributed by atoms with E-state index in [1.54, 1.807) is 0 Å². The lowest BCUT2D eigenvalue weighted by atomic mass is 9.54. The van der Waals surface area contributed by atoms with Gasteiger partial charge < -0.3 is 10.3 Å². The van der Waals surface area contributed by atoms with Crippen LogP contribution in [0.3, 0.4) is 0 Å². The summed E-state index contributed by atoms with van der Waals surface area (Å²) in [7, 11) is 0. The van der Waals surface area contributed by atoms with Crippen molar-refractivity contribution < 1.29 is 0 Å². The SMILES string of the molecule is CC(C)(N)c1nncn1C1C2CC3CC(C2)CC1C3. The van der Waals surface area contributed by atoms with Crippen LogP contribution in [0.25, 0.3) is 0 Å². The Labute approximate surface area is 114 Å². The smallest absolute Gasteiger partial charge is 0.152 e. The molecule has 19 heavy (non-hydrogen) atoms. The molecule has 0 spiro atoms. The quantitative estimate of drug-likeness (QED) is 0.888. The van der Waals surface area contributed by atoms with Gasteiger partial charge >= 0.3 is 0 Å². The van der Waals surface area contributed by atoms with Crippen molar-refractivity contribution >= 4 is 0 Å². The first-order valence-corrected chi connectivity index (χ1v) is 7.71. The molecule has 0 atom stereocenters. The van der Waals surface area contributed by atoms with E-state index >= 15 is 0 Å². The van der Waals surface area contributed by atoms with Crippen LogP contribution in [0, 0.1) is 23.7 Å². The molecule has 104 valence electrons. The minimum Gasteiger partial charge on any atom is -0.319 e. The summed E-state index contributed by atoms with van der Waals surface area (Å²) >= 11 is 0. The number of hydrogen-bond acceptors (Lipinski definition) is 3. The minimum atomic E-state index is -0.398. The van der Waals surface area contributed by atoms with Crippen LogP contribution in [0.15, 0.2) is 6.33 Å². The maximum atomic E-state index is 6.27. The molecule has 2 N–H and O–H groups in total. The molecule has 0 amide bonds. The standard InChI is InChI=1S/C15H24N4/c1-15(2,16)14-18-17-8-19(14)13-11-4-9-3-10(6-11)7-12(13)5-9/h8-13H,3-7,16H2,1-2H3. The molecule has 0 aliphatic heterocycles. The van der Waals surface area contributed by atoms with Crippen LogP contribution >= 0.6 is 0 Å². The fourth-order valence-electron chi connectivity index (χ4n) is 5.27. The van der Waals surface area contributed by atoms with E-state index in [-0.39, 0.29) is 0 Å². The third-order valence-corrected chi connectivity index (χ3v) is 5.65. The Morgan fingerprint density at radius 3 is 2.21 bits per heavy atom. The number of hydrogen-bond donors (Lipinski definition) is 1. The Morgan fingerprint density at radius 2 is 1.68 bits per heavy atom. The van der Waals surface area contributed by atoms with Gasteiger partial charge in [-0.2, -0.15) is 0 Å². The molecule has 4 fully saturated rings. The molecule has 0 saturated heterocycles. The van der Waals surface area contributed by atoms with Crippen LogP contribution in [0.2, 0.25) is 0 Å². The average Bonchev–Trinajstić information content (AvgIpc) is 2.76. The van der Waals surface area contributed by atoms with Crippen LogP contribution in [-0.2, 0) is 5.54 Å². The summed E-state index contributed by atoms with van der Waals surface area (Å²) in [5.74, 6) is 4.65. The summed E-state index contributed by atoms with van der Waals surface area (Å²) in [4.78, 5) is 0. The van der Waals surface area contributed by atoms with Crippen molar-refractivity contribution in [2.75, 3.05) is 0 Å². The van der Waals surface area contributed by atoms with E-state index in [1.807, 2.05) is 20.2 Å². The van der Waals surface area contributed by atoms with Crippen molar-refractivity contribution in [3.05, 3.63) is 12.2 Å². The molecular formula is C15H24N4. The molecule has 4 heteroatoms. The third kappa shape index (κ3) is 1.76. The highest BCUT2D eigenvalue weighted by Crippen LogP contribution is 2.58. The van der Waals surface area contributed by atoms with Gasteiger partial charge in [-0.05, 0) is 69.6 Å². The minimum absolute atomic E-state index is 0.398. The fourth-order valence-corrected chi connectivity index (χ4v) is 5.27. The van der Waals surface area contributed by atoms with Crippen LogP contribution in [0.5, 0.6) is 0 Å². The van der Waals surface area contributed by atoms with Crippen molar-refractivity contribution in [2.45, 2.75) is 57.5 Å². The zero-order chi connectivity index (χ0) is 13.2. The summed E-state index contributed by atoms with van der Waals surface area (Å²) in [5, 5.41) is 8.46. The highest BCUT2D eigenvalue weighted by molar-refractivity contribution is 5.08. The molecule has 1 aromatic heterocycles. The van der Waals surface area contributed by atoms with E-state index in [4.69, 9.17) is 5.73 Å². The zero-order valence-electron chi connectivity index (χ0n) is 11.9. The predicted molar refractivity (Wildman–Crippen MR) is 73.3 cm³/mol. The third-order valence-electron chi connectivity index (χ3n) is 5.65. The molecule has 1 heterocycles. The van der Waals surface area contributed by atoms with E-state index in [1.165, 1.54) is 32.1 Å². The van der Waals surface area contributed by atoms with Crippen molar-refractivity contribution in [3.8, 4) is 0 Å². The Kier molecular flexibility index (Phi) is 2.39. The zero-order valence-corrected chi connectivity index (χ0v) is 11.9. The molecule has 4 aliphatic carbocycles. The average molecular weight is 260 g/mol. The van der Waals surface area contributed by atoms with Crippen LogP contribution < -0.4 is 5.73 Å².